The molecule has 1 heterocycles. The zero-order chi connectivity index (χ0) is 13.7. The molecule has 1 saturated heterocycles. The largest absolute Gasteiger partial charge is 0.392 e. The second-order valence-electron chi connectivity index (χ2n) is 5.45. The Balaban J connectivity index is 1.80. The van der Waals surface area contributed by atoms with Crippen LogP contribution in [-0.4, -0.2) is 35.6 Å². The summed E-state index contributed by atoms with van der Waals surface area (Å²) in [6.45, 7) is 0.430. The molecule has 19 heavy (non-hydrogen) atoms. The molecule has 1 aliphatic heterocycles. The van der Waals surface area contributed by atoms with Gasteiger partial charge in [-0.1, -0.05) is 25.7 Å². The molecule has 0 aromatic heterocycles. The summed E-state index contributed by atoms with van der Waals surface area (Å²) >= 11 is 0. The number of hydrogen-bond acceptors (Lipinski definition) is 4. The quantitative estimate of drug-likeness (QED) is 0.325. The van der Waals surface area contributed by atoms with Gasteiger partial charge in [0.2, 0.25) is 11.8 Å². The highest BCUT2D eigenvalue weighted by molar-refractivity contribution is 6.01. The van der Waals surface area contributed by atoms with E-state index in [2.05, 4.69) is 16.2 Å². The Morgan fingerprint density at radius 3 is 2.47 bits per heavy atom. The van der Waals surface area contributed by atoms with E-state index in [4.69, 9.17) is 0 Å². The van der Waals surface area contributed by atoms with Crippen molar-refractivity contribution in [2.75, 3.05) is 6.54 Å². The van der Waals surface area contributed by atoms with Crippen molar-refractivity contribution >= 4 is 11.8 Å². The van der Waals surface area contributed by atoms with Gasteiger partial charge < -0.3 is 10.4 Å². The highest BCUT2D eigenvalue weighted by Gasteiger charge is 2.36. The molecule has 2 atom stereocenters. The Morgan fingerprint density at radius 2 is 1.84 bits per heavy atom. The average Bonchev–Trinajstić information content (AvgIpc) is 2.64. The molecule has 6 nitrogen and oxygen atoms in total. The monoisotopic (exact) mass is 269 g/mol. The van der Waals surface area contributed by atoms with E-state index in [1.165, 1.54) is 25.7 Å². The summed E-state index contributed by atoms with van der Waals surface area (Å²) in [5.74, 6) is -1.82. The highest BCUT2D eigenvalue weighted by atomic mass is 16.3. The molecular weight excluding hydrogens is 246 g/mol. The van der Waals surface area contributed by atoms with Crippen LogP contribution in [0.4, 0.5) is 0 Å². The fourth-order valence-electron chi connectivity index (χ4n) is 2.76. The van der Waals surface area contributed by atoms with E-state index >= 15 is 0 Å². The summed E-state index contributed by atoms with van der Waals surface area (Å²) in [4.78, 5) is 23.5. The Hall–Kier alpha value is -1.14. The zero-order valence-electron chi connectivity index (χ0n) is 11.2. The molecule has 2 aliphatic rings. The SMILES string of the molecule is O=C1NCCC(O)C1C(=O)NNC1CCCCCC1. The van der Waals surface area contributed by atoms with E-state index in [1.54, 1.807) is 0 Å². The fourth-order valence-corrected chi connectivity index (χ4v) is 2.76. The average molecular weight is 269 g/mol. The molecule has 2 unspecified atom stereocenters. The summed E-state index contributed by atoms with van der Waals surface area (Å²) in [5, 5.41) is 12.3. The summed E-state index contributed by atoms with van der Waals surface area (Å²) in [5.41, 5.74) is 5.61. The first-order valence-electron chi connectivity index (χ1n) is 7.19. The van der Waals surface area contributed by atoms with Crippen LogP contribution in [0, 0.1) is 5.92 Å². The van der Waals surface area contributed by atoms with E-state index in [1.807, 2.05) is 0 Å². The number of hydrogen-bond donors (Lipinski definition) is 4. The predicted molar refractivity (Wildman–Crippen MR) is 69.9 cm³/mol. The van der Waals surface area contributed by atoms with Gasteiger partial charge in [-0.15, -0.1) is 0 Å². The molecule has 0 spiro atoms. The molecule has 2 rings (SSSR count). The summed E-state index contributed by atoms with van der Waals surface area (Å²) in [6.07, 6.45) is 6.45. The number of nitrogens with one attached hydrogen (secondary N) is 3. The molecular formula is C13H23N3O3. The highest BCUT2D eigenvalue weighted by Crippen LogP contribution is 2.17. The third-order valence-electron chi connectivity index (χ3n) is 3.94. The van der Waals surface area contributed by atoms with Gasteiger partial charge in [0.1, 0.15) is 5.92 Å². The van der Waals surface area contributed by atoms with Crippen LogP contribution in [-0.2, 0) is 9.59 Å². The molecule has 6 heteroatoms. The molecule has 0 bridgehead atoms. The van der Waals surface area contributed by atoms with Crippen molar-refractivity contribution in [3.05, 3.63) is 0 Å². The number of amides is 2. The van der Waals surface area contributed by atoms with E-state index in [9.17, 15) is 14.7 Å². The van der Waals surface area contributed by atoms with Crippen molar-refractivity contribution in [3.8, 4) is 0 Å². The Kier molecular flexibility index (Phi) is 5.15. The topological polar surface area (TPSA) is 90.5 Å². The summed E-state index contributed by atoms with van der Waals surface area (Å²) < 4.78 is 0. The smallest absolute Gasteiger partial charge is 0.249 e. The van der Waals surface area contributed by atoms with Crippen molar-refractivity contribution in [2.45, 2.75) is 57.1 Å². The van der Waals surface area contributed by atoms with Crippen molar-refractivity contribution < 1.29 is 14.7 Å². The molecule has 0 radical (unpaired) electrons. The Labute approximate surface area is 113 Å². The number of aliphatic hydroxyl groups excluding tert-OH is 1. The third kappa shape index (κ3) is 3.91. The Bertz CT molecular complexity index is 327. The van der Waals surface area contributed by atoms with Gasteiger partial charge in [-0.2, -0.15) is 0 Å². The van der Waals surface area contributed by atoms with Crippen LogP contribution in [0.1, 0.15) is 44.9 Å². The van der Waals surface area contributed by atoms with Crippen molar-refractivity contribution in [1.82, 2.24) is 16.2 Å². The minimum absolute atomic E-state index is 0.273. The van der Waals surface area contributed by atoms with Crippen LogP contribution in [0.25, 0.3) is 0 Å². The lowest BCUT2D eigenvalue weighted by molar-refractivity contribution is -0.143. The van der Waals surface area contributed by atoms with E-state index in [-0.39, 0.29) is 11.9 Å². The molecule has 0 aromatic carbocycles. The molecule has 2 amide bonds. The second kappa shape index (κ2) is 6.86. The fraction of sp³-hybridized carbons (Fsp3) is 0.846. The molecule has 2 fully saturated rings. The van der Waals surface area contributed by atoms with Gasteiger partial charge >= 0.3 is 0 Å². The van der Waals surface area contributed by atoms with Crippen LogP contribution < -0.4 is 16.2 Å². The number of carbonyl (C=O) groups is 2. The normalized spacial score (nSPS) is 29.4. The van der Waals surface area contributed by atoms with Gasteiger partial charge in [0.15, 0.2) is 0 Å². The number of carbonyl (C=O) groups excluding carboxylic acids is 2. The first-order chi connectivity index (χ1) is 9.18. The summed E-state index contributed by atoms with van der Waals surface area (Å²) in [6, 6.07) is 0.273. The van der Waals surface area contributed by atoms with Gasteiger partial charge in [-0.05, 0) is 19.3 Å². The van der Waals surface area contributed by atoms with Crippen LogP contribution in [0.5, 0.6) is 0 Å². The lowest BCUT2D eigenvalue weighted by Gasteiger charge is -2.27. The molecule has 1 aliphatic carbocycles. The van der Waals surface area contributed by atoms with Gasteiger partial charge in [-0.25, -0.2) is 5.43 Å². The third-order valence-corrected chi connectivity index (χ3v) is 3.94. The number of piperidine rings is 1. The van der Waals surface area contributed by atoms with Gasteiger partial charge in [0.25, 0.3) is 0 Å². The van der Waals surface area contributed by atoms with Gasteiger partial charge in [0, 0.05) is 12.6 Å². The van der Waals surface area contributed by atoms with Crippen molar-refractivity contribution in [2.24, 2.45) is 5.92 Å². The number of aliphatic hydroxyl groups is 1. The maximum Gasteiger partial charge on any atom is 0.249 e. The van der Waals surface area contributed by atoms with Crippen molar-refractivity contribution in [3.63, 3.8) is 0 Å². The number of rotatable bonds is 3. The summed E-state index contributed by atoms with van der Waals surface area (Å²) in [7, 11) is 0. The van der Waals surface area contributed by atoms with Crippen LogP contribution in [0.3, 0.4) is 0 Å². The minimum atomic E-state index is -0.993. The van der Waals surface area contributed by atoms with Crippen LogP contribution in [0.15, 0.2) is 0 Å². The van der Waals surface area contributed by atoms with E-state index in [0.29, 0.717) is 13.0 Å². The molecule has 1 saturated carbocycles. The Morgan fingerprint density at radius 1 is 1.16 bits per heavy atom. The van der Waals surface area contributed by atoms with E-state index < -0.39 is 17.9 Å². The zero-order valence-corrected chi connectivity index (χ0v) is 11.2. The minimum Gasteiger partial charge on any atom is -0.392 e. The van der Waals surface area contributed by atoms with E-state index in [0.717, 1.165) is 12.8 Å². The second-order valence-corrected chi connectivity index (χ2v) is 5.45. The lowest BCUT2D eigenvalue weighted by Crippen LogP contribution is -2.55. The standard InChI is InChI=1S/C13H23N3O3/c17-10-7-8-14-12(18)11(10)13(19)16-15-9-5-3-1-2-4-6-9/h9-11,15,17H,1-8H2,(H,14,18)(H,16,19). The van der Waals surface area contributed by atoms with Gasteiger partial charge in [-0.3, -0.25) is 15.0 Å². The number of hydrazine groups is 1. The maximum atomic E-state index is 12.0. The first kappa shape index (κ1) is 14.3. The maximum absolute atomic E-state index is 12.0. The lowest BCUT2D eigenvalue weighted by atomic mass is 9.94. The van der Waals surface area contributed by atoms with Gasteiger partial charge in [0.05, 0.1) is 6.10 Å². The molecule has 108 valence electrons. The van der Waals surface area contributed by atoms with Crippen molar-refractivity contribution in [1.29, 1.82) is 0 Å². The molecule has 0 aromatic rings. The first-order valence-corrected chi connectivity index (χ1v) is 7.19. The molecule has 4 N–H and O–H groups in total. The predicted octanol–water partition coefficient (Wildman–Crippen LogP) is -0.173. The van der Waals surface area contributed by atoms with Crippen LogP contribution >= 0.6 is 0 Å². The van der Waals surface area contributed by atoms with Crippen LogP contribution in [0.2, 0.25) is 0 Å².